The lowest BCUT2D eigenvalue weighted by atomic mass is 10.2. The molecule has 0 spiro atoms. The van der Waals surface area contributed by atoms with Crippen molar-refractivity contribution in [2.45, 2.75) is 13.1 Å². The second-order valence-electron chi connectivity index (χ2n) is 5.68. The standard InChI is InChI=1S/C17H22N4O2S.ClH/c1-23-16-10-13(4-5-19-16)11-20-17(22)15-3-2-14(24-15)12-21-8-6-18-7-9-21;/h2-5,10,18H,6-9,11-12H2,1H3,(H,20,22);1H. The van der Waals surface area contributed by atoms with Crippen LogP contribution >= 0.6 is 23.7 Å². The van der Waals surface area contributed by atoms with Crippen LogP contribution in [0.4, 0.5) is 0 Å². The van der Waals surface area contributed by atoms with Crippen molar-refractivity contribution >= 4 is 29.7 Å². The Labute approximate surface area is 158 Å². The molecule has 1 fully saturated rings. The van der Waals surface area contributed by atoms with E-state index >= 15 is 0 Å². The molecule has 1 aliphatic heterocycles. The smallest absolute Gasteiger partial charge is 0.261 e. The highest BCUT2D eigenvalue weighted by Crippen LogP contribution is 2.19. The molecule has 6 nitrogen and oxygen atoms in total. The molecule has 3 rings (SSSR count). The molecule has 0 aliphatic carbocycles. The molecule has 136 valence electrons. The molecule has 8 heteroatoms. The number of hydrogen-bond acceptors (Lipinski definition) is 6. The lowest BCUT2D eigenvalue weighted by molar-refractivity contribution is 0.0955. The van der Waals surface area contributed by atoms with Crippen LogP contribution in [0.15, 0.2) is 30.5 Å². The van der Waals surface area contributed by atoms with Crippen LogP contribution in [0, 0.1) is 0 Å². The summed E-state index contributed by atoms with van der Waals surface area (Å²) in [5.74, 6) is 0.513. The number of nitrogens with one attached hydrogen (secondary N) is 2. The molecule has 0 saturated carbocycles. The number of aromatic nitrogens is 1. The van der Waals surface area contributed by atoms with Crippen LogP contribution in [0.2, 0.25) is 0 Å². The van der Waals surface area contributed by atoms with E-state index in [0.29, 0.717) is 12.4 Å². The van der Waals surface area contributed by atoms with Gasteiger partial charge in [-0.05, 0) is 23.8 Å². The van der Waals surface area contributed by atoms with Gasteiger partial charge in [0.2, 0.25) is 5.88 Å². The van der Waals surface area contributed by atoms with Crippen molar-refractivity contribution in [3.63, 3.8) is 0 Å². The third kappa shape index (κ3) is 5.67. The molecule has 0 bridgehead atoms. The predicted octanol–water partition coefficient (Wildman–Crippen LogP) is 1.91. The van der Waals surface area contributed by atoms with Gasteiger partial charge < -0.3 is 15.4 Å². The van der Waals surface area contributed by atoms with Crippen LogP contribution in [0.5, 0.6) is 5.88 Å². The first-order chi connectivity index (χ1) is 11.7. The van der Waals surface area contributed by atoms with Gasteiger partial charge in [-0.25, -0.2) is 4.98 Å². The summed E-state index contributed by atoms with van der Waals surface area (Å²) >= 11 is 1.57. The minimum Gasteiger partial charge on any atom is -0.481 e. The zero-order chi connectivity index (χ0) is 16.8. The maximum Gasteiger partial charge on any atom is 0.261 e. The molecule has 1 amide bonds. The summed E-state index contributed by atoms with van der Waals surface area (Å²) in [7, 11) is 1.58. The van der Waals surface area contributed by atoms with Gasteiger partial charge in [0, 0.05) is 56.4 Å². The highest BCUT2D eigenvalue weighted by molar-refractivity contribution is 7.14. The van der Waals surface area contributed by atoms with Gasteiger partial charge in [0.1, 0.15) is 0 Å². The Kier molecular flexibility index (Phi) is 7.64. The fraction of sp³-hybridized carbons (Fsp3) is 0.412. The Balaban J connectivity index is 0.00000225. The van der Waals surface area contributed by atoms with Crippen molar-refractivity contribution in [1.82, 2.24) is 20.5 Å². The summed E-state index contributed by atoms with van der Waals surface area (Å²) in [5.41, 5.74) is 0.966. The molecule has 25 heavy (non-hydrogen) atoms. The average molecular weight is 383 g/mol. The van der Waals surface area contributed by atoms with Crippen LogP contribution in [-0.4, -0.2) is 49.1 Å². The minimum absolute atomic E-state index is 0. The quantitative estimate of drug-likeness (QED) is 0.798. The van der Waals surface area contributed by atoms with E-state index in [1.165, 1.54) is 4.88 Å². The van der Waals surface area contributed by atoms with E-state index in [0.717, 1.165) is 43.2 Å². The Hall–Kier alpha value is -1.67. The van der Waals surface area contributed by atoms with Gasteiger partial charge in [0.25, 0.3) is 5.91 Å². The summed E-state index contributed by atoms with van der Waals surface area (Å²) in [6, 6.07) is 7.65. The Morgan fingerprint density at radius 2 is 2.16 bits per heavy atom. The number of pyridine rings is 1. The maximum atomic E-state index is 12.3. The largest absolute Gasteiger partial charge is 0.481 e. The van der Waals surface area contributed by atoms with E-state index < -0.39 is 0 Å². The molecule has 2 N–H and O–H groups in total. The molecule has 0 radical (unpaired) electrons. The number of amides is 1. The monoisotopic (exact) mass is 382 g/mol. The fourth-order valence-corrected chi connectivity index (χ4v) is 3.58. The fourth-order valence-electron chi connectivity index (χ4n) is 2.62. The predicted molar refractivity (Wildman–Crippen MR) is 102 cm³/mol. The van der Waals surface area contributed by atoms with Gasteiger partial charge in [-0.1, -0.05) is 0 Å². The molecule has 1 saturated heterocycles. The van der Waals surface area contributed by atoms with Crippen LogP contribution < -0.4 is 15.4 Å². The molecular formula is C17H23ClN4O2S. The summed E-state index contributed by atoms with van der Waals surface area (Å²) in [4.78, 5) is 20.8. The summed E-state index contributed by atoms with van der Waals surface area (Å²) in [6.45, 7) is 5.57. The van der Waals surface area contributed by atoms with Crippen LogP contribution in [0.3, 0.4) is 0 Å². The number of ether oxygens (including phenoxy) is 1. The summed E-state index contributed by atoms with van der Waals surface area (Å²) in [6.07, 6.45) is 1.68. The van der Waals surface area contributed by atoms with E-state index in [9.17, 15) is 4.79 Å². The average Bonchev–Trinajstić information content (AvgIpc) is 3.09. The number of hydrogen-bond donors (Lipinski definition) is 2. The van der Waals surface area contributed by atoms with Gasteiger partial charge in [0.05, 0.1) is 12.0 Å². The van der Waals surface area contributed by atoms with E-state index in [-0.39, 0.29) is 18.3 Å². The number of carbonyl (C=O) groups excluding carboxylic acids is 1. The molecule has 3 heterocycles. The van der Waals surface area contributed by atoms with E-state index in [1.54, 1.807) is 24.6 Å². The molecule has 0 aromatic carbocycles. The number of piperazine rings is 1. The normalized spacial score (nSPS) is 14.6. The number of halogens is 1. The van der Waals surface area contributed by atoms with Crippen LogP contribution in [0.1, 0.15) is 20.1 Å². The van der Waals surface area contributed by atoms with Gasteiger partial charge in [0.15, 0.2) is 0 Å². The molecule has 2 aromatic heterocycles. The number of nitrogens with zero attached hydrogens (tertiary/aromatic N) is 2. The first-order valence-electron chi connectivity index (χ1n) is 8.03. The zero-order valence-corrected chi connectivity index (χ0v) is 15.8. The molecule has 0 unspecified atom stereocenters. The lowest BCUT2D eigenvalue weighted by Crippen LogP contribution is -2.42. The van der Waals surface area contributed by atoms with Crippen LogP contribution in [-0.2, 0) is 13.1 Å². The topological polar surface area (TPSA) is 66.5 Å². The SMILES string of the molecule is COc1cc(CNC(=O)c2ccc(CN3CCNCC3)s2)ccn1.Cl. The third-order valence-electron chi connectivity index (χ3n) is 3.94. The minimum atomic E-state index is -0.0395. The van der Waals surface area contributed by atoms with Gasteiger partial charge in [-0.2, -0.15) is 0 Å². The Morgan fingerprint density at radius 1 is 1.36 bits per heavy atom. The first kappa shape index (κ1) is 19.7. The number of rotatable bonds is 6. The van der Waals surface area contributed by atoms with E-state index in [2.05, 4.69) is 26.6 Å². The van der Waals surface area contributed by atoms with Crippen molar-refractivity contribution in [2.75, 3.05) is 33.3 Å². The van der Waals surface area contributed by atoms with Crippen molar-refractivity contribution in [2.24, 2.45) is 0 Å². The second kappa shape index (κ2) is 9.72. The number of thiophene rings is 1. The van der Waals surface area contributed by atoms with Crippen molar-refractivity contribution in [3.05, 3.63) is 45.8 Å². The highest BCUT2D eigenvalue weighted by atomic mass is 35.5. The highest BCUT2D eigenvalue weighted by Gasteiger charge is 2.13. The zero-order valence-electron chi connectivity index (χ0n) is 14.2. The molecule has 1 aliphatic rings. The lowest BCUT2D eigenvalue weighted by Gasteiger charge is -2.26. The second-order valence-corrected chi connectivity index (χ2v) is 6.85. The molecule has 2 aromatic rings. The molecule has 0 atom stereocenters. The first-order valence-corrected chi connectivity index (χ1v) is 8.85. The van der Waals surface area contributed by atoms with E-state index in [1.807, 2.05) is 18.2 Å². The molecular weight excluding hydrogens is 360 g/mol. The third-order valence-corrected chi connectivity index (χ3v) is 5.00. The maximum absolute atomic E-state index is 12.3. The van der Waals surface area contributed by atoms with Crippen molar-refractivity contribution in [1.29, 1.82) is 0 Å². The summed E-state index contributed by atoms with van der Waals surface area (Å²) < 4.78 is 5.09. The number of carbonyl (C=O) groups is 1. The van der Waals surface area contributed by atoms with Crippen molar-refractivity contribution < 1.29 is 9.53 Å². The summed E-state index contributed by atoms with van der Waals surface area (Å²) in [5, 5.41) is 6.30. The van der Waals surface area contributed by atoms with E-state index in [4.69, 9.17) is 4.74 Å². The van der Waals surface area contributed by atoms with Gasteiger partial charge in [-0.15, -0.1) is 23.7 Å². The van der Waals surface area contributed by atoms with Crippen molar-refractivity contribution in [3.8, 4) is 5.88 Å². The Bertz CT molecular complexity index is 689. The van der Waals surface area contributed by atoms with Crippen LogP contribution in [0.25, 0.3) is 0 Å². The Morgan fingerprint density at radius 3 is 2.92 bits per heavy atom. The van der Waals surface area contributed by atoms with Gasteiger partial charge in [-0.3, -0.25) is 9.69 Å². The number of methoxy groups -OCH3 is 1. The van der Waals surface area contributed by atoms with Gasteiger partial charge >= 0.3 is 0 Å².